The Morgan fingerprint density at radius 3 is 2.61 bits per heavy atom. The van der Waals surface area contributed by atoms with E-state index in [0.29, 0.717) is 31.7 Å². The molecule has 2 amide bonds. The topological polar surface area (TPSA) is 110 Å². The van der Waals surface area contributed by atoms with Gasteiger partial charge in [0.15, 0.2) is 15.7 Å². The summed E-state index contributed by atoms with van der Waals surface area (Å²) in [6.07, 6.45) is 0.363. The Bertz CT molecular complexity index is 921. The number of carbonyl (C=O) groups excluding carboxylic acids is 1. The Balaban J connectivity index is 1.66. The number of urea groups is 1. The number of nitrogens with zero attached hydrogens (tertiary/aromatic N) is 4. The van der Waals surface area contributed by atoms with Crippen LogP contribution in [0.1, 0.15) is 31.9 Å². The molecule has 1 atom stereocenters. The van der Waals surface area contributed by atoms with Gasteiger partial charge in [0.05, 0.1) is 5.25 Å². The van der Waals surface area contributed by atoms with Crippen LogP contribution in [0.15, 0.2) is 27.9 Å². The first-order valence-electron chi connectivity index (χ1n) is 8.72. The minimum atomic E-state index is -3.98. The van der Waals surface area contributed by atoms with E-state index in [1.54, 1.807) is 4.90 Å². The lowest BCUT2D eigenvalue weighted by Crippen LogP contribution is -2.44. The number of rotatable bonds is 5. The van der Waals surface area contributed by atoms with Crippen molar-refractivity contribution in [1.82, 2.24) is 19.8 Å². The van der Waals surface area contributed by atoms with E-state index < -0.39 is 32.1 Å². The summed E-state index contributed by atoms with van der Waals surface area (Å²) >= 11 is 0. The fraction of sp³-hybridized carbons (Fsp3) is 0.562. The molecule has 0 radical (unpaired) electrons. The standard InChI is InChI=1S/C16H21F2N5O4S/c1-10(28(25,26)12-9-22(2)20-14(12)15(17)18)11-3-6-23(7-4-11)16(24)19-13-5-8-27-21-13/h5,8-11,15H,3-4,6-7H2,1-2H3,(H,19,21,24)/t10-/m1/s1. The molecule has 1 aliphatic rings. The monoisotopic (exact) mass is 417 g/mol. The maximum atomic E-state index is 13.2. The quantitative estimate of drug-likeness (QED) is 0.800. The number of nitrogens with one attached hydrogen (secondary N) is 1. The third-order valence-corrected chi connectivity index (χ3v) is 7.28. The van der Waals surface area contributed by atoms with Crippen LogP contribution in [0.2, 0.25) is 0 Å². The van der Waals surface area contributed by atoms with Gasteiger partial charge in [0.1, 0.15) is 16.9 Å². The van der Waals surface area contributed by atoms with Crippen LogP contribution in [-0.4, -0.2) is 52.6 Å². The second-order valence-corrected chi connectivity index (χ2v) is 9.02. The number of carbonyl (C=O) groups is 1. The lowest BCUT2D eigenvalue weighted by atomic mass is 9.94. The molecule has 0 aromatic carbocycles. The van der Waals surface area contributed by atoms with Crippen molar-refractivity contribution in [3.8, 4) is 0 Å². The van der Waals surface area contributed by atoms with Crippen molar-refractivity contribution in [3.05, 3.63) is 24.2 Å². The van der Waals surface area contributed by atoms with Crippen LogP contribution in [0.4, 0.5) is 19.4 Å². The first-order chi connectivity index (χ1) is 13.2. The largest absolute Gasteiger partial charge is 0.363 e. The molecule has 1 fully saturated rings. The summed E-state index contributed by atoms with van der Waals surface area (Å²) in [5.74, 6) is 0.0333. The number of sulfone groups is 1. The van der Waals surface area contributed by atoms with E-state index >= 15 is 0 Å². The zero-order valence-corrected chi connectivity index (χ0v) is 16.2. The van der Waals surface area contributed by atoms with Crippen molar-refractivity contribution in [2.75, 3.05) is 18.4 Å². The second-order valence-electron chi connectivity index (χ2n) is 6.74. The summed E-state index contributed by atoms with van der Waals surface area (Å²) in [5, 5.41) is 8.91. The molecule has 0 bridgehead atoms. The Morgan fingerprint density at radius 2 is 2.04 bits per heavy atom. The molecule has 0 aliphatic carbocycles. The molecule has 3 rings (SSSR count). The molecule has 0 saturated carbocycles. The van der Waals surface area contributed by atoms with E-state index in [2.05, 4.69) is 20.1 Å². The molecule has 12 heteroatoms. The predicted octanol–water partition coefficient (Wildman–Crippen LogP) is 2.45. The maximum Gasteiger partial charge on any atom is 0.323 e. The fourth-order valence-electron chi connectivity index (χ4n) is 3.35. The van der Waals surface area contributed by atoms with Gasteiger partial charge < -0.3 is 9.42 Å². The van der Waals surface area contributed by atoms with Crippen molar-refractivity contribution in [3.63, 3.8) is 0 Å². The van der Waals surface area contributed by atoms with Crippen LogP contribution in [0.3, 0.4) is 0 Å². The summed E-state index contributed by atoms with van der Waals surface area (Å²) in [6, 6.07) is 1.16. The van der Waals surface area contributed by atoms with Crippen molar-refractivity contribution in [1.29, 1.82) is 0 Å². The summed E-state index contributed by atoms with van der Waals surface area (Å²) in [6.45, 7) is 2.22. The zero-order valence-electron chi connectivity index (χ0n) is 15.4. The summed E-state index contributed by atoms with van der Waals surface area (Å²) < 4.78 is 57.9. The number of piperidine rings is 1. The lowest BCUT2D eigenvalue weighted by Gasteiger charge is -2.34. The van der Waals surface area contributed by atoms with Gasteiger partial charge in [-0.25, -0.2) is 22.0 Å². The van der Waals surface area contributed by atoms with E-state index in [0.717, 1.165) is 10.9 Å². The van der Waals surface area contributed by atoms with Crippen molar-refractivity contribution in [2.45, 2.75) is 36.3 Å². The first-order valence-corrected chi connectivity index (χ1v) is 10.3. The molecule has 154 valence electrons. The smallest absolute Gasteiger partial charge is 0.323 e. The Hall–Kier alpha value is -2.50. The lowest BCUT2D eigenvalue weighted by molar-refractivity contribution is 0.142. The molecule has 0 spiro atoms. The zero-order chi connectivity index (χ0) is 20.5. The molecule has 28 heavy (non-hydrogen) atoms. The van der Waals surface area contributed by atoms with Crippen LogP contribution in [0, 0.1) is 5.92 Å². The molecule has 2 aromatic rings. The van der Waals surface area contributed by atoms with Crippen molar-refractivity contribution < 1.29 is 26.5 Å². The highest BCUT2D eigenvalue weighted by Gasteiger charge is 2.37. The number of amides is 2. The first kappa shape index (κ1) is 20.2. The van der Waals surface area contributed by atoms with E-state index in [-0.39, 0.29) is 11.9 Å². The second kappa shape index (κ2) is 7.86. The minimum Gasteiger partial charge on any atom is -0.363 e. The normalized spacial score (nSPS) is 17.1. The molecule has 1 aliphatic heterocycles. The molecular formula is C16H21F2N5O4S. The van der Waals surface area contributed by atoms with Gasteiger partial charge in [-0.3, -0.25) is 10.00 Å². The molecular weight excluding hydrogens is 396 g/mol. The van der Waals surface area contributed by atoms with E-state index in [4.69, 9.17) is 0 Å². The van der Waals surface area contributed by atoms with Crippen molar-refractivity contribution in [2.24, 2.45) is 13.0 Å². The minimum absolute atomic E-state index is 0.258. The van der Waals surface area contributed by atoms with Crippen LogP contribution < -0.4 is 5.32 Å². The van der Waals surface area contributed by atoms with Gasteiger partial charge in [-0.2, -0.15) is 5.10 Å². The SMILES string of the molecule is C[C@H](C1CCN(C(=O)Nc2ccon2)CC1)S(=O)(=O)c1cn(C)nc1C(F)F. The molecule has 9 nitrogen and oxygen atoms in total. The van der Waals surface area contributed by atoms with E-state index in [1.807, 2.05) is 0 Å². The highest BCUT2D eigenvalue weighted by atomic mass is 32.2. The highest BCUT2D eigenvalue weighted by Crippen LogP contribution is 2.33. The number of aryl methyl sites for hydroxylation is 1. The number of hydrogen-bond donors (Lipinski definition) is 1. The number of likely N-dealkylation sites (tertiary alicyclic amines) is 1. The molecule has 1 N–H and O–H groups in total. The number of aromatic nitrogens is 3. The summed E-state index contributed by atoms with van der Waals surface area (Å²) in [7, 11) is -2.57. The Labute approximate surface area is 160 Å². The number of hydrogen-bond acceptors (Lipinski definition) is 6. The van der Waals surface area contributed by atoms with E-state index in [9.17, 15) is 22.0 Å². The van der Waals surface area contributed by atoms with Gasteiger partial charge in [-0.1, -0.05) is 5.16 Å². The Morgan fingerprint density at radius 1 is 1.36 bits per heavy atom. The summed E-state index contributed by atoms with van der Waals surface area (Å²) in [4.78, 5) is 13.3. The van der Waals surface area contributed by atoms with Crippen molar-refractivity contribution >= 4 is 21.7 Å². The van der Waals surface area contributed by atoms with Gasteiger partial charge in [0.2, 0.25) is 0 Å². The average Bonchev–Trinajstić information content (AvgIpc) is 3.31. The number of anilines is 1. The van der Waals surface area contributed by atoms with Gasteiger partial charge in [0, 0.05) is 32.4 Å². The van der Waals surface area contributed by atoms with Gasteiger partial charge >= 0.3 is 6.03 Å². The predicted molar refractivity (Wildman–Crippen MR) is 94.6 cm³/mol. The highest BCUT2D eigenvalue weighted by molar-refractivity contribution is 7.92. The van der Waals surface area contributed by atoms with Crippen LogP contribution in [-0.2, 0) is 16.9 Å². The molecule has 3 heterocycles. The molecule has 2 aromatic heterocycles. The van der Waals surface area contributed by atoms with Crippen LogP contribution in [0.25, 0.3) is 0 Å². The van der Waals surface area contributed by atoms with Gasteiger partial charge in [-0.05, 0) is 25.7 Å². The third kappa shape index (κ3) is 4.01. The fourth-order valence-corrected chi connectivity index (χ4v) is 5.25. The maximum absolute atomic E-state index is 13.2. The Kier molecular flexibility index (Phi) is 5.68. The third-order valence-electron chi connectivity index (χ3n) is 4.99. The summed E-state index contributed by atoms with van der Waals surface area (Å²) in [5.41, 5.74) is -0.723. The van der Waals surface area contributed by atoms with Gasteiger partial charge in [0.25, 0.3) is 6.43 Å². The van der Waals surface area contributed by atoms with E-state index in [1.165, 1.54) is 26.3 Å². The van der Waals surface area contributed by atoms with Crippen LogP contribution >= 0.6 is 0 Å². The molecule has 1 saturated heterocycles. The number of alkyl halides is 2. The number of halogens is 2. The average molecular weight is 417 g/mol. The van der Waals surface area contributed by atoms with Gasteiger partial charge in [-0.15, -0.1) is 0 Å². The van der Waals surface area contributed by atoms with Crippen LogP contribution in [0.5, 0.6) is 0 Å². The molecule has 0 unspecified atom stereocenters.